The number of hydrogen-bond donors (Lipinski definition) is 1. The Morgan fingerprint density at radius 1 is 1.17 bits per heavy atom. The predicted molar refractivity (Wildman–Crippen MR) is 119 cm³/mol. The predicted octanol–water partition coefficient (Wildman–Crippen LogP) is 5.11. The van der Waals surface area contributed by atoms with Gasteiger partial charge in [0.25, 0.3) is 5.56 Å². The maximum atomic E-state index is 13.3. The van der Waals surface area contributed by atoms with Crippen LogP contribution in [0.1, 0.15) is 44.0 Å². The van der Waals surface area contributed by atoms with Gasteiger partial charge in [0, 0.05) is 11.1 Å². The molecule has 0 saturated heterocycles. The molecule has 0 aliphatic heterocycles. The SMILES string of the molecule is CC(C)n1ncc2c(=O)n(Cc3ccsc3)c(N[C@H](C)c3ccc(Cl)cc3)nc21. The van der Waals surface area contributed by atoms with Crippen LogP contribution in [0.25, 0.3) is 11.0 Å². The minimum atomic E-state index is -0.0982. The molecule has 1 N–H and O–H groups in total. The van der Waals surface area contributed by atoms with Gasteiger partial charge < -0.3 is 5.32 Å². The lowest BCUT2D eigenvalue weighted by atomic mass is 10.1. The van der Waals surface area contributed by atoms with E-state index in [0.29, 0.717) is 28.5 Å². The molecule has 4 rings (SSSR count). The first kappa shape index (κ1) is 19.7. The van der Waals surface area contributed by atoms with Gasteiger partial charge in [0.05, 0.1) is 18.8 Å². The van der Waals surface area contributed by atoms with Crippen molar-refractivity contribution in [3.8, 4) is 0 Å². The van der Waals surface area contributed by atoms with Crippen molar-refractivity contribution in [3.05, 3.63) is 73.8 Å². The molecule has 150 valence electrons. The molecule has 0 fully saturated rings. The summed E-state index contributed by atoms with van der Waals surface area (Å²) < 4.78 is 3.47. The monoisotopic (exact) mass is 427 g/mol. The number of benzene rings is 1. The third-order valence-corrected chi connectivity index (χ3v) is 5.82. The fourth-order valence-corrected chi connectivity index (χ4v) is 4.03. The van der Waals surface area contributed by atoms with Crippen molar-refractivity contribution in [2.24, 2.45) is 0 Å². The largest absolute Gasteiger partial charge is 0.349 e. The van der Waals surface area contributed by atoms with Gasteiger partial charge in [0.1, 0.15) is 5.39 Å². The smallest absolute Gasteiger partial charge is 0.266 e. The molecule has 0 radical (unpaired) electrons. The van der Waals surface area contributed by atoms with E-state index in [4.69, 9.17) is 16.6 Å². The van der Waals surface area contributed by atoms with Crippen LogP contribution in [0, 0.1) is 0 Å². The summed E-state index contributed by atoms with van der Waals surface area (Å²) in [4.78, 5) is 18.1. The van der Waals surface area contributed by atoms with E-state index in [9.17, 15) is 4.79 Å². The van der Waals surface area contributed by atoms with Crippen LogP contribution in [0.2, 0.25) is 5.02 Å². The van der Waals surface area contributed by atoms with Crippen LogP contribution in [-0.2, 0) is 6.54 Å². The van der Waals surface area contributed by atoms with Crippen LogP contribution in [0.15, 0.2) is 52.1 Å². The molecule has 6 nitrogen and oxygen atoms in total. The average Bonchev–Trinajstić information content (AvgIpc) is 3.35. The van der Waals surface area contributed by atoms with E-state index in [0.717, 1.165) is 11.1 Å². The molecule has 3 heterocycles. The topological polar surface area (TPSA) is 64.7 Å². The first-order valence-corrected chi connectivity index (χ1v) is 10.8. The van der Waals surface area contributed by atoms with Crippen LogP contribution in [0.3, 0.4) is 0 Å². The molecule has 1 atom stereocenters. The van der Waals surface area contributed by atoms with Crippen molar-refractivity contribution >= 4 is 39.9 Å². The lowest BCUT2D eigenvalue weighted by molar-refractivity contribution is 0.545. The van der Waals surface area contributed by atoms with Crippen molar-refractivity contribution < 1.29 is 0 Å². The molecule has 1 aromatic carbocycles. The summed E-state index contributed by atoms with van der Waals surface area (Å²) in [7, 11) is 0. The van der Waals surface area contributed by atoms with E-state index in [-0.39, 0.29) is 17.6 Å². The Morgan fingerprint density at radius 3 is 2.59 bits per heavy atom. The summed E-state index contributed by atoms with van der Waals surface area (Å²) in [5.74, 6) is 0.526. The third kappa shape index (κ3) is 3.93. The Balaban J connectivity index is 1.81. The zero-order chi connectivity index (χ0) is 20.5. The summed E-state index contributed by atoms with van der Waals surface area (Å²) in [5, 5.41) is 13.1. The standard InChI is InChI=1S/C21H22ClN5OS/c1-13(2)27-19-18(10-23-27)20(28)26(11-15-8-9-29-12-15)21(25-19)24-14(3)16-4-6-17(22)7-5-16/h4-10,12-14H,11H2,1-3H3,(H,24,25)/t14-/m1/s1. The second-order valence-electron chi connectivity index (χ2n) is 7.30. The summed E-state index contributed by atoms with van der Waals surface area (Å²) in [6, 6.07) is 9.73. The van der Waals surface area contributed by atoms with Crippen molar-refractivity contribution in [2.45, 2.75) is 39.4 Å². The highest BCUT2D eigenvalue weighted by atomic mass is 35.5. The van der Waals surface area contributed by atoms with Gasteiger partial charge in [-0.05, 0) is 60.9 Å². The fraction of sp³-hybridized carbons (Fsp3) is 0.286. The highest BCUT2D eigenvalue weighted by Gasteiger charge is 2.18. The van der Waals surface area contributed by atoms with Gasteiger partial charge in [-0.15, -0.1) is 0 Å². The number of thiophene rings is 1. The first-order chi connectivity index (χ1) is 13.9. The van der Waals surface area contributed by atoms with Gasteiger partial charge in [0.2, 0.25) is 5.95 Å². The van der Waals surface area contributed by atoms with Crippen molar-refractivity contribution in [1.82, 2.24) is 19.3 Å². The van der Waals surface area contributed by atoms with E-state index < -0.39 is 0 Å². The zero-order valence-electron chi connectivity index (χ0n) is 16.5. The molecule has 0 spiro atoms. The van der Waals surface area contributed by atoms with Crippen LogP contribution >= 0.6 is 22.9 Å². The summed E-state index contributed by atoms with van der Waals surface area (Å²) >= 11 is 7.62. The molecule has 0 aliphatic rings. The van der Waals surface area contributed by atoms with E-state index >= 15 is 0 Å². The molecule has 4 aromatic rings. The maximum Gasteiger partial charge on any atom is 0.266 e. The number of nitrogens with zero attached hydrogens (tertiary/aromatic N) is 4. The highest BCUT2D eigenvalue weighted by molar-refractivity contribution is 7.07. The molecule has 0 unspecified atom stereocenters. The van der Waals surface area contributed by atoms with Gasteiger partial charge in [0.15, 0.2) is 5.65 Å². The minimum absolute atomic E-state index is 0.0548. The maximum absolute atomic E-state index is 13.3. The van der Waals surface area contributed by atoms with Gasteiger partial charge in [-0.25, -0.2) is 4.68 Å². The highest BCUT2D eigenvalue weighted by Crippen LogP contribution is 2.22. The number of halogens is 1. The normalized spacial score (nSPS) is 12.6. The number of nitrogens with one attached hydrogen (secondary N) is 1. The number of aromatic nitrogens is 4. The van der Waals surface area contributed by atoms with Crippen molar-refractivity contribution in [1.29, 1.82) is 0 Å². The number of hydrogen-bond acceptors (Lipinski definition) is 5. The van der Waals surface area contributed by atoms with Gasteiger partial charge >= 0.3 is 0 Å². The van der Waals surface area contributed by atoms with Crippen LogP contribution in [0.4, 0.5) is 5.95 Å². The lowest BCUT2D eigenvalue weighted by Crippen LogP contribution is -2.26. The Kier molecular flexibility index (Phi) is 5.43. The molecular weight excluding hydrogens is 406 g/mol. The molecule has 3 aromatic heterocycles. The van der Waals surface area contributed by atoms with Gasteiger partial charge in [-0.1, -0.05) is 23.7 Å². The fourth-order valence-electron chi connectivity index (χ4n) is 3.25. The molecule has 29 heavy (non-hydrogen) atoms. The Bertz CT molecular complexity index is 1180. The molecule has 0 saturated carbocycles. The minimum Gasteiger partial charge on any atom is -0.349 e. The van der Waals surface area contributed by atoms with Gasteiger partial charge in [-0.2, -0.15) is 21.4 Å². The Labute approximate surface area is 177 Å². The van der Waals surface area contributed by atoms with Crippen molar-refractivity contribution in [3.63, 3.8) is 0 Å². The van der Waals surface area contributed by atoms with Gasteiger partial charge in [-0.3, -0.25) is 9.36 Å². The zero-order valence-corrected chi connectivity index (χ0v) is 18.0. The van der Waals surface area contributed by atoms with Crippen molar-refractivity contribution in [2.75, 3.05) is 5.32 Å². The average molecular weight is 428 g/mol. The third-order valence-electron chi connectivity index (χ3n) is 4.84. The quantitative estimate of drug-likeness (QED) is 0.464. The molecular formula is C21H22ClN5OS. The molecule has 8 heteroatoms. The van der Waals surface area contributed by atoms with Crippen LogP contribution in [0.5, 0.6) is 0 Å². The van der Waals surface area contributed by atoms with E-state index in [1.54, 1.807) is 26.8 Å². The van der Waals surface area contributed by atoms with E-state index in [1.165, 1.54) is 0 Å². The Morgan fingerprint density at radius 2 is 1.93 bits per heavy atom. The Hall–Kier alpha value is -2.64. The second-order valence-corrected chi connectivity index (χ2v) is 8.51. The van der Waals surface area contributed by atoms with Crippen LogP contribution in [-0.4, -0.2) is 19.3 Å². The van der Waals surface area contributed by atoms with E-state index in [1.807, 2.05) is 61.9 Å². The summed E-state index contributed by atoms with van der Waals surface area (Å²) in [5.41, 5.74) is 2.62. The van der Waals surface area contributed by atoms with E-state index in [2.05, 4.69) is 10.4 Å². The molecule has 0 amide bonds. The number of rotatable bonds is 6. The lowest BCUT2D eigenvalue weighted by Gasteiger charge is -2.19. The molecule has 0 aliphatic carbocycles. The summed E-state index contributed by atoms with van der Waals surface area (Å²) in [6.07, 6.45) is 1.61. The van der Waals surface area contributed by atoms with Crippen LogP contribution < -0.4 is 10.9 Å². The molecule has 0 bridgehead atoms. The second kappa shape index (κ2) is 8.00. The first-order valence-electron chi connectivity index (χ1n) is 9.45. The number of anilines is 1. The number of fused-ring (bicyclic) bond motifs is 1. The summed E-state index contributed by atoms with van der Waals surface area (Å²) in [6.45, 7) is 6.53.